The van der Waals surface area contributed by atoms with Gasteiger partial charge in [-0.1, -0.05) is 0 Å². The van der Waals surface area contributed by atoms with Gasteiger partial charge < -0.3 is 19.5 Å². The molecule has 0 aliphatic carbocycles. The second-order valence-corrected chi connectivity index (χ2v) is 4.57. The molecule has 3 aromatic heterocycles. The molecule has 0 unspecified atom stereocenters. The second-order valence-electron chi connectivity index (χ2n) is 4.57. The Labute approximate surface area is 127 Å². The first-order valence-electron chi connectivity index (χ1n) is 6.79. The minimum Gasteiger partial charge on any atom is -0.467 e. The SMILES string of the molecule is N#Cc1ccc(NCc2ccco2)nc1NCc1ccco1. The highest BCUT2D eigenvalue weighted by atomic mass is 16.3. The highest BCUT2D eigenvalue weighted by Crippen LogP contribution is 2.17. The average Bonchev–Trinajstić information content (AvgIpc) is 3.24. The van der Waals surface area contributed by atoms with Crippen LogP contribution in [-0.4, -0.2) is 4.98 Å². The van der Waals surface area contributed by atoms with Gasteiger partial charge in [0.25, 0.3) is 0 Å². The number of anilines is 2. The predicted octanol–water partition coefficient (Wildman–Crippen LogP) is 3.36. The van der Waals surface area contributed by atoms with Gasteiger partial charge in [-0.2, -0.15) is 5.26 Å². The molecular weight excluding hydrogens is 280 g/mol. The van der Waals surface area contributed by atoms with E-state index in [1.807, 2.05) is 24.3 Å². The summed E-state index contributed by atoms with van der Waals surface area (Å²) < 4.78 is 10.5. The minimum atomic E-state index is 0.469. The molecule has 0 amide bonds. The Kier molecular flexibility index (Phi) is 4.07. The number of nitriles is 1. The molecule has 2 N–H and O–H groups in total. The van der Waals surface area contributed by atoms with Crippen molar-refractivity contribution in [2.24, 2.45) is 0 Å². The zero-order valence-corrected chi connectivity index (χ0v) is 11.7. The Hall–Kier alpha value is -3.20. The molecule has 3 rings (SSSR count). The fourth-order valence-corrected chi connectivity index (χ4v) is 1.96. The molecule has 3 heterocycles. The highest BCUT2D eigenvalue weighted by Gasteiger charge is 2.07. The van der Waals surface area contributed by atoms with Gasteiger partial charge in [0.15, 0.2) is 0 Å². The summed E-state index contributed by atoms with van der Waals surface area (Å²) in [4.78, 5) is 4.41. The summed E-state index contributed by atoms with van der Waals surface area (Å²) >= 11 is 0. The molecule has 0 bridgehead atoms. The first kappa shape index (κ1) is 13.8. The van der Waals surface area contributed by atoms with Crippen LogP contribution in [0.3, 0.4) is 0 Å². The number of hydrogen-bond donors (Lipinski definition) is 2. The van der Waals surface area contributed by atoms with Crippen LogP contribution < -0.4 is 10.6 Å². The van der Waals surface area contributed by atoms with E-state index in [9.17, 15) is 0 Å². The maximum Gasteiger partial charge on any atom is 0.146 e. The number of hydrogen-bond acceptors (Lipinski definition) is 6. The van der Waals surface area contributed by atoms with Crippen LogP contribution in [0.5, 0.6) is 0 Å². The van der Waals surface area contributed by atoms with Crippen molar-refractivity contribution in [2.75, 3.05) is 10.6 Å². The van der Waals surface area contributed by atoms with Gasteiger partial charge in [-0.15, -0.1) is 0 Å². The number of furan rings is 2. The van der Waals surface area contributed by atoms with Crippen molar-refractivity contribution in [3.63, 3.8) is 0 Å². The monoisotopic (exact) mass is 294 g/mol. The van der Waals surface area contributed by atoms with Gasteiger partial charge in [0.1, 0.15) is 29.2 Å². The third kappa shape index (κ3) is 3.27. The molecule has 0 radical (unpaired) electrons. The van der Waals surface area contributed by atoms with Gasteiger partial charge in [0.2, 0.25) is 0 Å². The summed E-state index contributed by atoms with van der Waals surface area (Å²) in [6.45, 7) is 1.000. The van der Waals surface area contributed by atoms with Crippen molar-refractivity contribution < 1.29 is 8.83 Å². The third-order valence-corrected chi connectivity index (χ3v) is 3.05. The molecule has 0 atom stereocenters. The van der Waals surface area contributed by atoms with Gasteiger partial charge in [0, 0.05) is 0 Å². The molecule has 0 fully saturated rings. The Morgan fingerprint density at radius 1 is 0.955 bits per heavy atom. The maximum atomic E-state index is 9.16. The zero-order valence-electron chi connectivity index (χ0n) is 11.7. The molecule has 0 aliphatic rings. The summed E-state index contributed by atoms with van der Waals surface area (Å²) in [5.41, 5.74) is 0.482. The number of pyridine rings is 1. The van der Waals surface area contributed by atoms with Gasteiger partial charge >= 0.3 is 0 Å². The third-order valence-electron chi connectivity index (χ3n) is 3.05. The Bertz CT molecular complexity index is 758. The molecule has 6 nitrogen and oxygen atoms in total. The van der Waals surface area contributed by atoms with E-state index in [1.165, 1.54) is 0 Å². The standard InChI is InChI=1S/C16H14N4O2/c17-9-12-5-6-15(18-10-13-3-1-7-21-13)20-16(12)19-11-14-4-2-8-22-14/h1-8H,10-11H2,(H2,18,19,20). The normalized spacial score (nSPS) is 10.1. The lowest BCUT2D eigenvalue weighted by molar-refractivity contribution is 0.517. The smallest absolute Gasteiger partial charge is 0.146 e. The molecule has 0 spiro atoms. The van der Waals surface area contributed by atoms with E-state index in [0.717, 1.165) is 11.5 Å². The lowest BCUT2D eigenvalue weighted by atomic mass is 10.2. The quantitative estimate of drug-likeness (QED) is 0.725. The Balaban J connectivity index is 1.70. The fraction of sp³-hybridized carbons (Fsp3) is 0.125. The van der Waals surface area contributed by atoms with Crippen LogP contribution >= 0.6 is 0 Å². The van der Waals surface area contributed by atoms with Crippen LogP contribution in [0, 0.1) is 11.3 Å². The zero-order chi connectivity index (χ0) is 15.2. The fourth-order valence-electron chi connectivity index (χ4n) is 1.96. The van der Waals surface area contributed by atoms with Crippen molar-refractivity contribution in [3.8, 4) is 6.07 Å². The number of nitrogens with zero attached hydrogens (tertiary/aromatic N) is 2. The second kappa shape index (κ2) is 6.50. The summed E-state index contributed by atoms with van der Waals surface area (Å²) in [6, 6.07) is 13.0. The van der Waals surface area contributed by atoms with E-state index in [2.05, 4.69) is 21.7 Å². The van der Waals surface area contributed by atoms with Crippen LogP contribution in [0.15, 0.2) is 57.8 Å². The Morgan fingerprint density at radius 3 is 2.23 bits per heavy atom. The summed E-state index contributed by atoms with van der Waals surface area (Å²) in [6.07, 6.45) is 3.23. The lowest BCUT2D eigenvalue weighted by Crippen LogP contribution is -2.06. The van der Waals surface area contributed by atoms with Crippen molar-refractivity contribution >= 4 is 11.6 Å². The predicted molar refractivity (Wildman–Crippen MR) is 81.0 cm³/mol. The van der Waals surface area contributed by atoms with Crippen molar-refractivity contribution in [3.05, 3.63) is 66.0 Å². The molecule has 0 saturated carbocycles. The van der Waals surface area contributed by atoms with Crippen LogP contribution in [-0.2, 0) is 13.1 Å². The largest absolute Gasteiger partial charge is 0.467 e. The van der Waals surface area contributed by atoms with Gasteiger partial charge in [-0.25, -0.2) is 4.98 Å². The van der Waals surface area contributed by atoms with Crippen LogP contribution in [0.4, 0.5) is 11.6 Å². The van der Waals surface area contributed by atoms with Crippen LogP contribution in [0.25, 0.3) is 0 Å². The summed E-state index contributed by atoms with van der Waals surface area (Å²) in [7, 11) is 0. The molecular formula is C16H14N4O2. The first-order valence-corrected chi connectivity index (χ1v) is 6.79. The van der Waals surface area contributed by atoms with Gasteiger partial charge in [0.05, 0.1) is 31.2 Å². The summed E-state index contributed by atoms with van der Waals surface area (Å²) in [5, 5.41) is 15.4. The van der Waals surface area contributed by atoms with E-state index >= 15 is 0 Å². The van der Waals surface area contributed by atoms with Crippen molar-refractivity contribution in [1.82, 2.24) is 4.98 Å². The van der Waals surface area contributed by atoms with Gasteiger partial charge in [-0.3, -0.25) is 0 Å². The molecule has 3 aromatic rings. The molecule has 6 heteroatoms. The highest BCUT2D eigenvalue weighted by molar-refractivity contribution is 5.56. The molecule has 0 aromatic carbocycles. The number of nitrogens with one attached hydrogen (secondary N) is 2. The minimum absolute atomic E-state index is 0.469. The van der Waals surface area contributed by atoms with Crippen LogP contribution in [0.2, 0.25) is 0 Å². The van der Waals surface area contributed by atoms with Gasteiger partial charge in [-0.05, 0) is 36.4 Å². The summed E-state index contributed by atoms with van der Waals surface area (Å²) in [5.74, 6) is 2.77. The Morgan fingerprint density at radius 2 is 1.64 bits per heavy atom. The topological polar surface area (TPSA) is 87.0 Å². The molecule has 0 aliphatic heterocycles. The van der Waals surface area contributed by atoms with Crippen molar-refractivity contribution in [1.29, 1.82) is 5.26 Å². The molecule has 0 saturated heterocycles. The maximum absolute atomic E-state index is 9.16. The molecule has 22 heavy (non-hydrogen) atoms. The molecule has 110 valence electrons. The van der Waals surface area contributed by atoms with Crippen molar-refractivity contribution in [2.45, 2.75) is 13.1 Å². The number of aromatic nitrogens is 1. The first-order chi connectivity index (χ1) is 10.8. The van der Waals surface area contributed by atoms with E-state index < -0.39 is 0 Å². The lowest BCUT2D eigenvalue weighted by Gasteiger charge is -2.09. The van der Waals surface area contributed by atoms with E-state index in [0.29, 0.717) is 30.3 Å². The number of rotatable bonds is 6. The van der Waals surface area contributed by atoms with E-state index in [-0.39, 0.29) is 0 Å². The average molecular weight is 294 g/mol. The van der Waals surface area contributed by atoms with E-state index in [1.54, 1.807) is 24.7 Å². The van der Waals surface area contributed by atoms with Crippen LogP contribution in [0.1, 0.15) is 17.1 Å². The van der Waals surface area contributed by atoms with E-state index in [4.69, 9.17) is 14.1 Å².